The topological polar surface area (TPSA) is 42.2 Å². The SMILES string of the molecule is CC(=O)NC1(Cc2ccco2)CCCC1. The molecule has 3 heteroatoms. The molecule has 3 nitrogen and oxygen atoms in total. The normalized spacial score (nSPS) is 19.0. The Balaban J connectivity index is 2.09. The van der Waals surface area contributed by atoms with Gasteiger partial charge in [0.1, 0.15) is 5.76 Å². The Morgan fingerprint density at radius 2 is 2.27 bits per heavy atom. The van der Waals surface area contributed by atoms with E-state index < -0.39 is 0 Å². The number of hydrogen-bond acceptors (Lipinski definition) is 2. The van der Waals surface area contributed by atoms with Crippen LogP contribution in [0.1, 0.15) is 38.4 Å². The van der Waals surface area contributed by atoms with Gasteiger partial charge in [-0.1, -0.05) is 12.8 Å². The predicted octanol–water partition coefficient (Wildman–Crippen LogP) is 2.27. The van der Waals surface area contributed by atoms with E-state index in [9.17, 15) is 4.79 Å². The number of nitrogens with one attached hydrogen (secondary N) is 1. The van der Waals surface area contributed by atoms with Crippen LogP contribution in [0.5, 0.6) is 0 Å². The van der Waals surface area contributed by atoms with Gasteiger partial charge in [0.15, 0.2) is 0 Å². The second-order valence-corrected chi connectivity index (χ2v) is 4.42. The molecule has 1 aromatic heterocycles. The fourth-order valence-electron chi connectivity index (χ4n) is 2.52. The Labute approximate surface area is 89.9 Å². The predicted molar refractivity (Wildman–Crippen MR) is 57.4 cm³/mol. The lowest BCUT2D eigenvalue weighted by Crippen LogP contribution is -2.47. The molecule has 1 aromatic rings. The van der Waals surface area contributed by atoms with E-state index in [0.717, 1.165) is 25.0 Å². The third kappa shape index (κ3) is 2.41. The summed E-state index contributed by atoms with van der Waals surface area (Å²) in [4.78, 5) is 11.2. The Morgan fingerprint density at radius 1 is 1.53 bits per heavy atom. The summed E-state index contributed by atoms with van der Waals surface area (Å²) in [5.41, 5.74) is -0.0519. The fraction of sp³-hybridized carbons (Fsp3) is 0.583. The summed E-state index contributed by atoms with van der Waals surface area (Å²) < 4.78 is 5.35. The number of rotatable bonds is 3. The first-order valence-electron chi connectivity index (χ1n) is 5.51. The van der Waals surface area contributed by atoms with Crippen LogP contribution in [-0.2, 0) is 11.2 Å². The smallest absolute Gasteiger partial charge is 0.217 e. The van der Waals surface area contributed by atoms with E-state index in [1.54, 1.807) is 13.2 Å². The first-order valence-corrected chi connectivity index (χ1v) is 5.51. The number of hydrogen-bond donors (Lipinski definition) is 1. The van der Waals surface area contributed by atoms with E-state index in [-0.39, 0.29) is 11.4 Å². The van der Waals surface area contributed by atoms with Gasteiger partial charge in [0, 0.05) is 18.9 Å². The molecule has 1 fully saturated rings. The van der Waals surface area contributed by atoms with Crippen molar-refractivity contribution in [2.75, 3.05) is 0 Å². The van der Waals surface area contributed by atoms with E-state index in [0.29, 0.717) is 0 Å². The molecule has 0 aliphatic heterocycles. The fourth-order valence-corrected chi connectivity index (χ4v) is 2.52. The summed E-state index contributed by atoms with van der Waals surface area (Å²) >= 11 is 0. The van der Waals surface area contributed by atoms with Crippen LogP contribution in [-0.4, -0.2) is 11.4 Å². The first kappa shape index (κ1) is 10.3. The highest BCUT2D eigenvalue weighted by Gasteiger charge is 2.35. The van der Waals surface area contributed by atoms with Gasteiger partial charge in [-0.2, -0.15) is 0 Å². The molecule has 1 aliphatic rings. The van der Waals surface area contributed by atoms with Gasteiger partial charge in [-0.3, -0.25) is 4.79 Å². The number of amides is 1. The maximum Gasteiger partial charge on any atom is 0.217 e. The van der Waals surface area contributed by atoms with Crippen LogP contribution in [0.3, 0.4) is 0 Å². The largest absolute Gasteiger partial charge is 0.469 e. The lowest BCUT2D eigenvalue weighted by Gasteiger charge is -2.28. The Morgan fingerprint density at radius 3 is 2.80 bits per heavy atom. The molecule has 82 valence electrons. The molecular formula is C12H17NO2. The summed E-state index contributed by atoms with van der Waals surface area (Å²) in [6.07, 6.45) is 7.02. The highest BCUT2D eigenvalue weighted by molar-refractivity contribution is 5.73. The van der Waals surface area contributed by atoms with Crippen LogP contribution < -0.4 is 5.32 Å². The van der Waals surface area contributed by atoms with Crippen LogP contribution in [0, 0.1) is 0 Å². The number of furan rings is 1. The molecule has 15 heavy (non-hydrogen) atoms. The number of carbonyl (C=O) groups excluding carboxylic acids is 1. The molecule has 1 saturated carbocycles. The first-order chi connectivity index (χ1) is 7.20. The quantitative estimate of drug-likeness (QED) is 0.826. The molecule has 1 aliphatic carbocycles. The summed E-state index contributed by atoms with van der Waals surface area (Å²) in [5, 5.41) is 3.09. The van der Waals surface area contributed by atoms with E-state index >= 15 is 0 Å². The third-order valence-electron chi connectivity index (χ3n) is 3.09. The van der Waals surface area contributed by atoms with Crippen LogP contribution >= 0.6 is 0 Å². The molecule has 0 spiro atoms. The van der Waals surface area contributed by atoms with Gasteiger partial charge < -0.3 is 9.73 Å². The van der Waals surface area contributed by atoms with Crippen LogP contribution in [0.15, 0.2) is 22.8 Å². The second kappa shape index (κ2) is 4.09. The average Bonchev–Trinajstić information content (AvgIpc) is 2.76. The molecule has 1 amide bonds. The highest BCUT2D eigenvalue weighted by atomic mass is 16.3. The van der Waals surface area contributed by atoms with Crippen LogP contribution in [0.25, 0.3) is 0 Å². The number of carbonyl (C=O) groups is 1. The van der Waals surface area contributed by atoms with E-state index in [2.05, 4.69) is 5.32 Å². The van der Waals surface area contributed by atoms with Crippen molar-refractivity contribution in [3.63, 3.8) is 0 Å². The Bertz CT molecular complexity index is 323. The molecule has 0 atom stereocenters. The minimum absolute atomic E-state index is 0.0519. The average molecular weight is 207 g/mol. The molecule has 0 saturated heterocycles. The maximum atomic E-state index is 11.2. The van der Waals surface area contributed by atoms with Crippen LogP contribution in [0.2, 0.25) is 0 Å². The minimum Gasteiger partial charge on any atom is -0.469 e. The molecular weight excluding hydrogens is 190 g/mol. The monoisotopic (exact) mass is 207 g/mol. The molecule has 0 unspecified atom stereocenters. The molecule has 0 bridgehead atoms. The summed E-state index contributed by atoms with van der Waals surface area (Å²) in [6.45, 7) is 1.59. The van der Waals surface area contributed by atoms with Gasteiger partial charge in [-0.05, 0) is 25.0 Å². The van der Waals surface area contributed by atoms with Gasteiger partial charge in [-0.15, -0.1) is 0 Å². The van der Waals surface area contributed by atoms with Crippen molar-refractivity contribution >= 4 is 5.91 Å². The second-order valence-electron chi connectivity index (χ2n) is 4.42. The Kier molecular flexibility index (Phi) is 2.80. The molecule has 1 heterocycles. The standard InChI is InChI=1S/C12H17NO2/c1-10(14)13-12(6-2-3-7-12)9-11-5-4-8-15-11/h4-5,8H,2-3,6-7,9H2,1H3,(H,13,14). The van der Waals surface area contributed by atoms with Crippen molar-refractivity contribution in [3.8, 4) is 0 Å². The van der Waals surface area contributed by atoms with Gasteiger partial charge in [0.2, 0.25) is 5.91 Å². The Hall–Kier alpha value is -1.25. The zero-order valence-corrected chi connectivity index (χ0v) is 9.08. The molecule has 0 aromatic carbocycles. The summed E-state index contributed by atoms with van der Waals surface area (Å²) in [6, 6.07) is 3.87. The van der Waals surface area contributed by atoms with Crippen molar-refractivity contribution < 1.29 is 9.21 Å². The minimum atomic E-state index is -0.0519. The van der Waals surface area contributed by atoms with Crippen molar-refractivity contribution in [1.82, 2.24) is 5.32 Å². The van der Waals surface area contributed by atoms with E-state index in [4.69, 9.17) is 4.42 Å². The van der Waals surface area contributed by atoms with Crippen molar-refractivity contribution in [2.45, 2.75) is 44.6 Å². The zero-order chi connectivity index (χ0) is 10.7. The summed E-state index contributed by atoms with van der Waals surface area (Å²) in [5.74, 6) is 1.02. The molecule has 2 rings (SSSR count). The highest BCUT2D eigenvalue weighted by Crippen LogP contribution is 2.32. The van der Waals surface area contributed by atoms with Crippen molar-refractivity contribution in [3.05, 3.63) is 24.2 Å². The zero-order valence-electron chi connectivity index (χ0n) is 9.08. The van der Waals surface area contributed by atoms with Crippen molar-refractivity contribution in [1.29, 1.82) is 0 Å². The molecule has 0 radical (unpaired) electrons. The summed E-state index contributed by atoms with van der Waals surface area (Å²) in [7, 11) is 0. The van der Waals surface area contributed by atoms with E-state index in [1.165, 1.54) is 12.8 Å². The van der Waals surface area contributed by atoms with Gasteiger partial charge in [-0.25, -0.2) is 0 Å². The van der Waals surface area contributed by atoms with Gasteiger partial charge >= 0.3 is 0 Å². The van der Waals surface area contributed by atoms with Crippen molar-refractivity contribution in [2.24, 2.45) is 0 Å². The van der Waals surface area contributed by atoms with Gasteiger partial charge in [0.25, 0.3) is 0 Å². The van der Waals surface area contributed by atoms with Crippen LogP contribution in [0.4, 0.5) is 0 Å². The lowest BCUT2D eigenvalue weighted by atomic mass is 9.92. The van der Waals surface area contributed by atoms with Gasteiger partial charge in [0.05, 0.1) is 6.26 Å². The molecule has 1 N–H and O–H groups in total. The lowest BCUT2D eigenvalue weighted by molar-refractivity contribution is -0.120. The van der Waals surface area contributed by atoms with E-state index in [1.807, 2.05) is 12.1 Å². The maximum absolute atomic E-state index is 11.2. The third-order valence-corrected chi connectivity index (χ3v) is 3.09.